The largest absolute Gasteiger partial charge is 0.469 e. The fraction of sp³-hybridized carbons (Fsp3) is 0.200. The molecule has 3 aromatic rings. The molecule has 2 aromatic heterocycles. The first-order chi connectivity index (χ1) is 10.1. The molecule has 0 spiro atoms. The van der Waals surface area contributed by atoms with Crippen molar-refractivity contribution in [3.8, 4) is 11.5 Å². The van der Waals surface area contributed by atoms with Gasteiger partial charge in [0.15, 0.2) is 0 Å². The molecule has 108 valence electrons. The summed E-state index contributed by atoms with van der Waals surface area (Å²) in [5.41, 5.74) is 1.80. The first kappa shape index (κ1) is 13.9. The monoisotopic (exact) mass is 304 g/mol. The first-order valence-corrected chi connectivity index (χ1v) is 7.31. The van der Waals surface area contributed by atoms with Gasteiger partial charge in [-0.1, -0.05) is 23.9 Å². The van der Waals surface area contributed by atoms with Crippen molar-refractivity contribution in [3.05, 3.63) is 53.7 Å². The summed E-state index contributed by atoms with van der Waals surface area (Å²) in [6.45, 7) is 3.85. The van der Waals surface area contributed by atoms with Crippen molar-refractivity contribution in [3.63, 3.8) is 0 Å². The van der Waals surface area contributed by atoms with Gasteiger partial charge in [-0.05, 0) is 37.6 Å². The third-order valence-corrected chi connectivity index (χ3v) is 4.11. The highest BCUT2D eigenvalue weighted by molar-refractivity contribution is 7.99. The highest BCUT2D eigenvalue weighted by atomic mass is 32.2. The summed E-state index contributed by atoms with van der Waals surface area (Å²) in [5.74, 6) is 0.934. The van der Waals surface area contributed by atoms with Gasteiger partial charge in [0.05, 0.1) is 11.8 Å². The van der Waals surface area contributed by atoms with E-state index in [1.54, 1.807) is 24.5 Å². The number of hydrogen-bond donors (Lipinski definition) is 0. The molecule has 0 radical (unpaired) electrons. The minimum atomic E-state index is -0.244. The lowest BCUT2D eigenvalue weighted by Gasteiger charge is -2.07. The number of benzene rings is 1. The average Bonchev–Trinajstić information content (AvgIpc) is 3.08. The van der Waals surface area contributed by atoms with Crippen LogP contribution in [0.25, 0.3) is 11.5 Å². The van der Waals surface area contributed by atoms with Crippen molar-refractivity contribution < 1.29 is 13.2 Å². The second-order valence-corrected chi connectivity index (χ2v) is 5.87. The Labute approximate surface area is 125 Å². The minimum Gasteiger partial charge on any atom is -0.469 e. The fourth-order valence-electron chi connectivity index (χ4n) is 1.93. The molecule has 0 N–H and O–H groups in total. The lowest BCUT2D eigenvalue weighted by Crippen LogP contribution is -1.88. The van der Waals surface area contributed by atoms with Crippen molar-refractivity contribution in [1.82, 2.24) is 10.2 Å². The maximum atomic E-state index is 12.9. The maximum Gasteiger partial charge on any atom is 0.277 e. The van der Waals surface area contributed by atoms with Gasteiger partial charge in [-0.3, -0.25) is 0 Å². The zero-order valence-corrected chi connectivity index (χ0v) is 12.4. The highest BCUT2D eigenvalue weighted by Gasteiger charge is 2.16. The van der Waals surface area contributed by atoms with Gasteiger partial charge in [-0.15, -0.1) is 10.2 Å². The summed E-state index contributed by atoms with van der Waals surface area (Å²) in [7, 11) is 0. The van der Waals surface area contributed by atoms with Crippen LogP contribution in [0, 0.1) is 12.7 Å². The molecule has 21 heavy (non-hydrogen) atoms. The standard InChI is InChI=1S/C15H13FN2O2S/c1-9-13(7-8-19-9)14-17-18-15(20-14)21-10(2)11-3-5-12(16)6-4-11/h3-8,10H,1-2H3/t10-/m1/s1. The van der Waals surface area contributed by atoms with Crippen molar-refractivity contribution in [2.75, 3.05) is 0 Å². The summed E-state index contributed by atoms with van der Waals surface area (Å²) >= 11 is 1.43. The molecule has 3 rings (SSSR count). The molecule has 0 fully saturated rings. The molecule has 0 aliphatic heterocycles. The number of nitrogens with zero attached hydrogens (tertiary/aromatic N) is 2. The molecule has 0 saturated heterocycles. The molecule has 6 heteroatoms. The molecule has 0 bridgehead atoms. The summed E-state index contributed by atoms with van der Waals surface area (Å²) in [6.07, 6.45) is 1.59. The molecule has 1 aromatic carbocycles. The van der Waals surface area contributed by atoms with Gasteiger partial charge < -0.3 is 8.83 Å². The van der Waals surface area contributed by atoms with Gasteiger partial charge in [0, 0.05) is 5.25 Å². The van der Waals surface area contributed by atoms with Crippen LogP contribution >= 0.6 is 11.8 Å². The van der Waals surface area contributed by atoms with E-state index in [1.165, 1.54) is 23.9 Å². The first-order valence-electron chi connectivity index (χ1n) is 6.43. The van der Waals surface area contributed by atoms with Crippen LogP contribution < -0.4 is 0 Å². The Kier molecular flexibility index (Phi) is 3.79. The van der Waals surface area contributed by atoms with Crippen LogP contribution in [-0.4, -0.2) is 10.2 Å². The Morgan fingerprint density at radius 1 is 1.14 bits per heavy atom. The quantitative estimate of drug-likeness (QED) is 0.658. The molecule has 0 unspecified atom stereocenters. The highest BCUT2D eigenvalue weighted by Crippen LogP contribution is 2.35. The van der Waals surface area contributed by atoms with Crippen molar-refractivity contribution in [2.24, 2.45) is 0 Å². The number of aryl methyl sites for hydroxylation is 1. The van der Waals surface area contributed by atoms with Crippen LogP contribution in [0.2, 0.25) is 0 Å². The third kappa shape index (κ3) is 3.00. The molecule has 0 saturated carbocycles. The molecule has 0 aliphatic rings. The van der Waals surface area contributed by atoms with E-state index in [0.29, 0.717) is 11.1 Å². The van der Waals surface area contributed by atoms with Crippen LogP contribution in [0.3, 0.4) is 0 Å². The number of thioether (sulfide) groups is 1. The van der Waals surface area contributed by atoms with Gasteiger partial charge in [0.25, 0.3) is 11.1 Å². The smallest absolute Gasteiger partial charge is 0.277 e. The molecule has 0 aliphatic carbocycles. The number of aromatic nitrogens is 2. The Balaban J connectivity index is 1.75. The van der Waals surface area contributed by atoms with Crippen LogP contribution in [-0.2, 0) is 0 Å². The van der Waals surface area contributed by atoms with Crippen LogP contribution in [0.15, 0.2) is 50.7 Å². The molecular formula is C15H13FN2O2S. The Morgan fingerprint density at radius 2 is 1.90 bits per heavy atom. The van der Waals surface area contributed by atoms with Gasteiger partial charge in [-0.2, -0.15) is 0 Å². The van der Waals surface area contributed by atoms with E-state index < -0.39 is 0 Å². The number of halogens is 1. The van der Waals surface area contributed by atoms with E-state index in [1.807, 2.05) is 13.8 Å². The minimum absolute atomic E-state index is 0.0874. The van der Waals surface area contributed by atoms with Crippen LogP contribution in [0.4, 0.5) is 4.39 Å². The molecule has 4 nitrogen and oxygen atoms in total. The SMILES string of the molecule is Cc1occc1-c1nnc(S[C@H](C)c2ccc(F)cc2)o1. The van der Waals surface area contributed by atoms with E-state index in [2.05, 4.69) is 10.2 Å². The Hall–Kier alpha value is -2.08. The topological polar surface area (TPSA) is 52.1 Å². The maximum absolute atomic E-state index is 12.9. The predicted molar refractivity (Wildman–Crippen MR) is 77.4 cm³/mol. The van der Waals surface area contributed by atoms with Gasteiger partial charge in [-0.25, -0.2) is 4.39 Å². The second kappa shape index (κ2) is 5.73. The molecule has 0 amide bonds. The fourth-order valence-corrected chi connectivity index (χ4v) is 2.74. The van der Waals surface area contributed by atoms with Gasteiger partial charge in [0.1, 0.15) is 11.6 Å². The summed E-state index contributed by atoms with van der Waals surface area (Å²) < 4.78 is 23.8. The normalized spacial score (nSPS) is 12.5. The summed E-state index contributed by atoms with van der Waals surface area (Å²) in [4.78, 5) is 0. The van der Waals surface area contributed by atoms with Crippen molar-refractivity contribution in [2.45, 2.75) is 24.3 Å². The number of rotatable bonds is 4. The van der Waals surface area contributed by atoms with E-state index in [4.69, 9.17) is 8.83 Å². The van der Waals surface area contributed by atoms with E-state index in [0.717, 1.165) is 16.9 Å². The van der Waals surface area contributed by atoms with Crippen LogP contribution in [0.1, 0.15) is 23.5 Å². The lowest BCUT2D eigenvalue weighted by molar-refractivity contribution is 0.462. The zero-order chi connectivity index (χ0) is 14.8. The lowest BCUT2D eigenvalue weighted by atomic mass is 10.2. The van der Waals surface area contributed by atoms with E-state index >= 15 is 0 Å². The Bertz CT molecular complexity index is 736. The Morgan fingerprint density at radius 3 is 2.57 bits per heavy atom. The second-order valence-electron chi connectivity index (χ2n) is 4.58. The number of hydrogen-bond acceptors (Lipinski definition) is 5. The predicted octanol–water partition coefficient (Wildman–Crippen LogP) is 4.63. The van der Waals surface area contributed by atoms with Crippen molar-refractivity contribution in [1.29, 1.82) is 0 Å². The molecular weight excluding hydrogens is 291 g/mol. The molecule has 1 atom stereocenters. The zero-order valence-electron chi connectivity index (χ0n) is 11.5. The third-order valence-electron chi connectivity index (χ3n) is 3.11. The van der Waals surface area contributed by atoms with E-state index in [9.17, 15) is 4.39 Å². The van der Waals surface area contributed by atoms with Crippen LogP contribution in [0.5, 0.6) is 0 Å². The van der Waals surface area contributed by atoms with Crippen molar-refractivity contribution >= 4 is 11.8 Å². The average molecular weight is 304 g/mol. The molecule has 2 heterocycles. The summed E-state index contributed by atoms with van der Waals surface area (Å²) in [5, 5.41) is 8.61. The van der Waals surface area contributed by atoms with Gasteiger partial charge in [0.2, 0.25) is 0 Å². The van der Waals surface area contributed by atoms with Gasteiger partial charge >= 0.3 is 0 Å². The van der Waals surface area contributed by atoms with E-state index in [-0.39, 0.29) is 11.1 Å². The summed E-state index contributed by atoms with van der Waals surface area (Å²) in [6, 6.07) is 8.19. The number of furan rings is 1.